The van der Waals surface area contributed by atoms with E-state index in [1.54, 1.807) is 0 Å². The van der Waals surface area contributed by atoms with E-state index >= 15 is 0 Å². The van der Waals surface area contributed by atoms with Crippen LogP contribution >= 0.6 is 0 Å². The summed E-state index contributed by atoms with van der Waals surface area (Å²) in [5, 5.41) is 9.25. The average molecular weight is 361 g/mol. The third-order valence-corrected chi connectivity index (χ3v) is 4.53. The van der Waals surface area contributed by atoms with Gasteiger partial charge >= 0.3 is 29.6 Å². The summed E-state index contributed by atoms with van der Waals surface area (Å²) in [5.74, 6) is -0.909. The molecule has 0 aromatic rings. The van der Waals surface area contributed by atoms with E-state index < -0.39 is 21.3 Å². The van der Waals surface area contributed by atoms with Crippen molar-refractivity contribution in [2.75, 3.05) is 6.54 Å². The van der Waals surface area contributed by atoms with E-state index in [1.807, 2.05) is 0 Å². The van der Waals surface area contributed by atoms with Crippen LogP contribution in [0.2, 0.25) is 0 Å². The first kappa shape index (κ1) is 28.2. The summed E-state index contributed by atoms with van der Waals surface area (Å²) in [5.41, 5.74) is 4.92. The van der Waals surface area contributed by atoms with Gasteiger partial charge in [-0.25, -0.2) is 0 Å². The number of carbonyl (C=O) groups is 1. The molecule has 0 bridgehead atoms. The Balaban J connectivity index is -0.000000382. The van der Waals surface area contributed by atoms with E-state index in [-0.39, 0.29) is 42.5 Å². The molecule has 0 fully saturated rings. The van der Waals surface area contributed by atoms with Crippen molar-refractivity contribution in [3.63, 3.8) is 0 Å². The van der Waals surface area contributed by atoms with Gasteiger partial charge in [-0.1, -0.05) is 58.3 Å². The molecule has 0 aromatic carbocycles. The van der Waals surface area contributed by atoms with Crippen molar-refractivity contribution < 1.29 is 52.4 Å². The summed E-state index contributed by atoms with van der Waals surface area (Å²) in [6, 6.07) is 0. The standard InChI is InChI=1S/C12H24O2.C3H9NO3S.Na/c1-2-3-4-5-6-7-8-9-10-11-12(13)14;1-3(2-4)8(5,6)7;/h2-11H2,1H3,(H,13,14);3H,2,4H2,1H3,(H,5,6,7);/q;;+1/p-1. The fourth-order valence-electron chi connectivity index (χ4n) is 1.70. The zero-order chi connectivity index (χ0) is 17.4. The molecule has 0 aromatic heterocycles. The maximum absolute atomic E-state index is 10.1. The summed E-state index contributed by atoms with van der Waals surface area (Å²) in [6.07, 6.45) is 11.2. The molecule has 8 heteroatoms. The van der Waals surface area contributed by atoms with Crippen LogP contribution in [0, 0.1) is 0 Å². The molecule has 0 aliphatic rings. The van der Waals surface area contributed by atoms with Gasteiger partial charge in [-0.3, -0.25) is 4.55 Å². The average Bonchev–Trinajstić information content (AvgIpc) is 2.44. The van der Waals surface area contributed by atoms with Gasteiger partial charge in [-0.05, 0) is 19.8 Å². The first-order valence-corrected chi connectivity index (χ1v) is 9.62. The molecular weight excluding hydrogens is 329 g/mol. The maximum atomic E-state index is 10.1. The molecule has 3 N–H and O–H groups in total. The summed E-state index contributed by atoms with van der Waals surface area (Å²) in [6.45, 7) is 3.52. The minimum atomic E-state index is -3.88. The number of aliphatic carboxylic acids is 1. The van der Waals surface area contributed by atoms with E-state index in [9.17, 15) is 18.3 Å². The first-order chi connectivity index (χ1) is 10.3. The third-order valence-electron chi connectivity index (χ3n) is 3.32. The fraction of sp³-hybridized carbons (Fsp3) is 0.933. The molecule has 0 aliphatic heterocycles. The molecule has 0 rings (SSSR count). The molecule has 0 saturated heterocycles. The number of carboxylic acids is 1. The van der Waals surface area contributed by atoms with E-state index in [2.05, 4.69) is 6.92 Å². The molecule has 0 aliphatic carbocycles. The van der Waals surface area contributed by atoms with Gasteiger partial charge in [0.2, 0.25) is 0 Å². The van der Waals surface area contributed by atoms with Gasteiger partial charge in [0.05, 0.1) is 5.25 Å². The predicted molar refractivity (Wildman–Crippen MR) is 86.9 cm³/mol. The predicted octanol–water partition coefficient (Wildman–Crippen LogP) is -1.12. The summed E-state index contributed by atoms with van der Waals surface area (Å²) in [4.78, 5) is 10.1. The van der Waals surface area contributed by atoms with Crippen LogP contribution in [0.5, 0.6) is 0 Å². The van der Waals surface area contributed by atoms with Crippen molar-refractivity contribution in [2.45, 2.75) is 83.3 Å². The molecule has 1 atom stereocenters. The molecule has 134 valence electrons. The van der Waals surface area contributed by atoms with Gasteiger partial charge in [0, 0.05) is 12.5 Å². The normalized spacial score (nSPS) is 11.8. The summed E-state index contributed by atoms with van der Waals surface area (Å²) in [7, 11) is -3.88. The van der Waals surface area contributed by atoms with E-state index in [1.165, 1.54) is 51.9 Å². The van der Waals surface area contributed by atoms with Gasteiger partial charge in [-0.2, -0.15) is 8.42 Å². The maximum Gasteiger partial charge on any atom is 1.00 e. The van der Waals surface area contributed by atoms with Gasteiger partial charge in [0.15, 0.2) is 0 Å². The van der Waals surface area contributed by atoms with Crippen LogP contribution in [0.4, 0.5) is 0 Å². The van der Waals surface area contributed by atoms with Crippen LogP contribution in [-0.2, 0) is 14.9 Å². The monoisotopic (exact) mass is 361 g/mol. The van der Waals surface area contributed by atoms with E-state index in [0.29, 0.717) is 0 Å². The molecule has 0 amide bonds. The molecular formula is C15H32NNaO5S. The van der Waals surface area contributed by atoms with Crippen molar-refractivity contribution in [1.82, 2.24) is 0 Å². The van der Waals surface area contributed by atoms with Crippen molar-refractivity contribution in [3.8, 4) is 0 Å². The van der Waals surface area contributed by atoms with Crippen molar-refractivity contribution in [3.05, 3.63) is 0 Å². The minimum absolute atomic E-state index is 0. The number of rotatable bonds is 12. The second-order valence-corrected chi connectivity index (χ2v) is 7.35. The Morgan fingerprint density at radius 3 is 1.70 bits per heavy atom. The van der Waals surface area contributed by atoms with Gasteiger partial charge in [0.25, 0.3) is 10.1 Å². The summed E-state index contributed by atoms with van der Waals surface area (Å²) < 4.78 is 28.3. The molecule has 0 saturated carbocycles. The van der Waals surface area contributed by atoms with Crippen LogP contribution in [0.3, 0.4) is 0 Å². The molecule has 23 heavy (non-hydrogen) atoms. The van der Waals surface area contributed by atoms with Gasteiger partial charge < -0.3 is 15.6 Å². The Morgan fingerprint density at radius 1 is 1.04 bits per heavy atom. The minimum Gasteiger partial charge on any atom is -0.550 e. The van der Waals surface area contributed by atoms with E-state index in [4.69, 9.17) is 10.3 Å². The second-order valence-electron chi connectivity index (χ2n) is 5.51. The molecule has 1 unspecified atom stereocenters. The Bertz CT molecular complexity index is 363. The fourth-order valence-corrected chi connectivity index (χ4v) is 1.94. The number of nitrogens with two attached hydrogens (primary N) is 1. The second kappa shape index (κ2) is 18.7. The number of hydrogen-bond donors (Lipinski definition) is 2. The quantitative estimate of drug-likeness (QED) is 0.258. The molecule has 6 nitrogen and oxygen atoms in total. The Kier molecular flexibility index (Phi) is 22.9. The molecule has 0 radical (unpaired) electrons. The SMILES string of the molecule is CC(CN)S(=O)(=O)O.CCCCCCCCCCCC(=O)[O-].[Na+]. The third kappa shape index (κ3) is 24.7. The van der Waals surface area contributed by atoms with Crippen LogP contribution in [0.1, 0.15) is 78.1 Å². The number of carboxylic acid groups (broad SMARTS) is 1. The first-order valence-electron chi connectivity index (χ1n) is 8.11. The van der Waals surface area contributed by atoms with Crippen molar-refractivity contribution in [1.29, 1.82) is 0 Å². The van der Waals surface area contributed by atoms with Crippen LogP contribution in [-0.4, -0.2) is 30.7 Å². The van der Waals surface area contributed by atoms with Crippen molar-refractivity contribution in [2.24, 2.45) is 5.73 Å². The number of unbranched alkanes of at least 4 members (excludes halogenated alkanes) is 8. The largest absolute Gasteiger partial charge is 1.00 e. The molecule has 0 heterocycles. The topological polar surface area (TPSA) is 121 Å². The number of hydrogen-bond acceptors (Lipinski definition) is 5. The van der Waals surface area contributed by atoms with Crippen LogP contribution in [0.15, 0.2) is 0 Å². The Labute approximate surface area is 163 Å². The zero-order valence-corrected chi connectivity index (χ0v) is 17.7. The zero-order valence-electron chi connectivity index (χ0n) is 14.9. The number of carbonyl (C=O) groups excluding carboxylic acids is 1. The Morgan fingerprint density at radius 2 is 1.43 bits per heavy atom. The summed E-state index contributed by atoms with van der Waals surface area (Å²) >= 11 is 0. The van der Waals surface area contributed by atoms with Crippen LogP contribution < -0.4 is 40.4 Å². The van der Waals surface area contributed by atoms with Gasteiger partial charge in [-0.15, -0.1) is 0 Å². The van der Waals surface area contributed by atoms with Crippen LogP contribution in [0.25, 0.3) is 0 Å². The Hall–Kier alpha value is 0.340. The van der Waals surface area contributed by atoms with Gasteiger partial charge in [0.1, 0.15) is 0 Å². The smallest absolute Gasteiger partial charge is 0.550 e. The van der Waals surface area contributed by atoms with E-state index in [0.717, 1.165) is 12.8 Å². The van der Waals surface area contributed by atoms with Crippen molar-refractivity contribution >= 4 is 16.1 Å². The molecule has 0 spiro atoms.